The van der Waals surface area contributed by atoms with Crippen molar-refractivity contribution < 1.29 is 33.6 Å². The van der Waals surface area contributed by atoms with Gasteiger partial charge in [0.05, 0.1) is 48.5 Å². The summed E-state index contributed by atoms with van der Waals surface area (Å²) in [6.07, 6.45) is 9.88. The van der Waals surface area contributed by atoms with Crippen LogP contribution in [-0.2, 0) is 33.6 Å². The largest absolute Gasteiger partial charge is 0.330 e. The number of rotatable bonds is 40. The van der Waals surface area contributed by atoms with Gasteiger partial charge in [-0.2, -0.15) is 12.6 Å². The second kappa shape index (κ2) is 33.5. The number of unbranched alkanes of at least 4 members (excludes halogenated alkanes) is 6. The van der Waals surface area contributed by atoms with Crippen molar-refractivity contribution in [2.24, 2.45) is 28.9 Å². The van der Waals surface area contributed by atoms with Gasteiger partial charge in [-0.1, -0.05) is 57.4 Å². The summed E-state index contributed by atoms with van der Waals surface area (Å²) in [7, 11) is 0. The number of nitrogens with two attached hydrogens (primary N) is 4. The van der Waals surface area contributed by atoms with Gasteiger partial charge >= 0.3 is 0 Å². The van der Waals surface area contributed by atoms with Crippen LogP contribution in [0.2, 0.25) is 0 Å². The molecule has 2 amide bonds. The van der Waals surface area contributed by atoms with Gasteiger partial charge < -0.3 is 42.1 Å². The van der Waals surface area contributed by atoms with Crippen molar-refractivity contribution in [2.45, 2.75) is 157 Å². The number of carbonyl (C=O) groups is 7. The zero-order chi connectivity index (χ0) is 43.1. The van der Waals surface area contributed by atoms with Crippen LogP contribution >= 0.6 is 24.6 Å². The monoisotopic (exact) mass is 859 g/mol. The van der Waals surface area contributed by atoms with Crippen molar-refractivity contribution in [3.63, 3.8) is 0 Å². The first kappa shape index (κ1) is 53.8. The maximum absolute atomic E-state index is 15.2. The number of aldehydes is 4. The van der Waals surface area contributed by atoms with Crippen LogP contribution in [0.3, 0.4) is 0 Å². The first-order valence-electron chi connectivity index (χ1n) is 21.2. The van der Waals surface area contributed by atoms with E-state index >= 15 is 4.79 Å². The molecule has 0 aliphatic carbocycles. The molecule has 6 atom stereocenters. The van der Waals surface area contributed by atoms with Gasteiger partial charge in [0.2, 0.25) is 11.8 Å². The highest BCUT2D eigenvalue weighted by Gasteiger charge is 2.43. The average molecular weight is 859 g/mol. The van der Waals surface area contributed by atoms with Crippen LogP contribution in [0.15, 0.2) is 0 Å². The van der Waals surface area contributed by atoms with Crippen LogP contribution in [0.5, 0.6) is 0 Å². The Balaban J connectivity index is 3.84. The molecule has 0 spiro atoms. The molecule has 1 unspecified atom stereocenters. The van der Waals surface area contributed by atoms with Crippen molar-refractivity contribution >= 4 is 67.3 Å². The van der Waals surface area contributed by atoms with Crippen LogP contribution in [0.25, 0.3) is 0 Å². The van der Waals surface area contributed by atoms with Gasteiger partial charge in [0, 0.05) is 18.7 Å². The molecule has 1 aliphatic heterocycles. The third-order valence-corrected chi connectivity index (χ3v) is 11.7. The van der Waals surface area contributed by atoms with Gasteiger partial charge in [-0.15, -0.1) is 0 Å². The van der Waals surface area contributed by atoms with Gasteiger partial charge in [0.25, 0.3) is 0 Å². The van der Waals surface area contributed by atoms with Crippen LogP contribution in [-0.4, -0.2) is 134 Å². The molecule has 334 valence electrons. The lowest BCUT2D eigenvalue weighted by molar-refractivity contribution is -0.138. The predicted octanol–water partition coefficient (Wildman–Crippen LogP) is -0.178. The summed E-state index contributed by atoms with van der Waals surface area (Å²) in [6.45, 7) is 4.05. The summed E-state index contributed by atoms with van der Waals surface area (Å²) in [4.78, 5) is 93.0. The Hall–Kier alpha value is -2.17. The molecule has 1 aliphatic rings. The number of hydrogen-bond acceptors (Lipinski definition) is 18. The molecule has 0 aromatic rings. The fourth-order valence-corrected chi connectivity index (χ4v) is 8.21. The number of likely N-dealkylation sites (tertiary alicyclic amines) is 1. The molecule has 1 saturated heterocycles. The molecule has 58 heavy (non-hydrogen) atoms. The molecule has 17 nitrogen and oxygen atoms in total. The van der Waals surface area contributed by atoms with Crippen molar-refractivity contribution in [1.82, 2.24) is 30.9 Å². The molecule has 0 radical (unpaired) electrons. The number of imide groups is 1. The van der Waals surface area contributed by atoms with Crippen LogP contribution < -0.4 is 48.9 Å². The van der Waals surface area contributed by atoms with E-state index in [1.165, 1.54) is 4.90 Å². The van der Waals surface area contributed by atoms with Gasteiger partial charge in [-0.05, 0) is 84.0 Å². The van der Waals surface area contributed by atoms with Gasteiger partial charge in [0.1, 0.15) is 30.4 Å². The van der Waals surface area contributed by atoms with E-state index in [2.05, 4.69) is 38.6 Å². The first-order valence-corrected chi connectivity index (χ1v) is 22.7. The van der Waals surface area contributed by atoms with E-state index in [1.807, 2.05) is 6.92 Å². The highest BCUT2D eigenvalue weighted by Crippen LogP contribution is 2.26. The highest BCUT2D eigenvalue weighted by molar-refractivity contribution is 7.98. The van der Waals surface area contributed by atoms with E-state index in [1.54, 1.807) is 0 Å². The standard InChI is InChI=1S/C39H74N10O7S2/c1-2-3-12-21-49-34(54)22-33(39(49)56)58-48-32(27-57)36(55)35(37(44-28(23-50)13-4-8-17-40)45-29(24-51)14-5-9-18-41)38(46-30(25-52)15-6-10-19-42)47-31(26-53)16-7-11-20-43/h23-26,28-33,35,37-38,44-48,57H,2-22,27,40-43H2,1H3/t28-,29-,30-,31-,32-,33?/m0/s1. The maximum atomic E-state index is 15.2. The number of amides is 2. The molecule has 0 aromatic heterocycles. The topological polar surface area (TPSA) is 287 Å². The number of ketones is 1. The molecule has 1 heterocycles. The summed E-state index contributed by atoms with van der Waals surface area (Å²) in [6, 6.07) is -4.12. The zero-order valence-corrected chi connectivity index (χ0v) is 36.2. The minimum atomic E-state index is -1.21. The molecule has 0 saturated carbocycles. The summed E-state index contributed by atoms with van der Waals surface area (Å²) in [5.41, 5.74) is 23.0. The van der Waals surface area contributed by atoms with Crippen LogP contribution in [0.4, 0.5) is 0 Å². The van der Waals surface area contributed by atoms with Crippen molar-refractivity contribution in [2.75, 3.05) is 38.5 Å². The molecular formula is C39H74N10O7S2. The van der Waals surface area contributed by atoms with E-state index in [-0.39, 0.29) is 24.0 Å². The first-order chi connectivity index (χ1) is 28.1. The number of nitrogens with one attached hydrogen (secondary N) is 5. The van der Waals surface area contributed by atoms with E-state index in [9.17, 15) is 28.8 Å². The fourth-order valence-electron chi connectivity index (χ4n) is 6.83. The number of hydrogen-bond donors (Lipinski definition) is 10. The SMILES string of the molecule is CCCCCN1C(=O)CC(SN[C@@H](CS)C(=O)C(C(N[C@H](C=O)CCCCN)N[C@H](C=O)CCCCN)C(N[C@H](C=O)CCCCN)N[C@H](C=O)CCCCN)C1=O. The fraction of sp³-hybridized carbons (Fsp3) is 0.821. The molecule has 1 fully saturated rings. The predicted molar refractivity (Wildman–Crippen MR) is 233 cm³/mol. The lowest BCUT2D eigenvalue weighted by Gasteiger charge is -2.40. The smallest absolute Gasteiger partial charge is 0.244 e. The normalized spacial score (nSPS) is 17.2. The second-order valence-corrected chi connectivity index (χ2v) is 16.3. The maximum Gasteiger partial charge on any atom is 0.244 e. The van der Waals surface area contributed by atoms with E-state index < -0.39 is 59.5 Å². The highest BCUT2D eigenvalue weighted by atomic mass is 32.2. The van der Waals surface area contributed by atoms with Crippen molar-refractivity contribution in [3.05, 3.63) is 0 Å². The molecular weight excluding hydrogens is 785 g/mol. The Morgan fingerprint density at radius 1 is 0.690 bits per heavy atom. The molecule has 0 aromatic carbocycles. The Morgan fingerprint density at radius 2 is 1.09 bits per heavy atom. The number of nitrogens with zero attached hydrogens (tertiary/aromatic N) is 1. The third kappa shape index (κ3) is 20.4. The summed E-state index contributed by atoms with van der Waals surface area (Å²) in [5, 5.41) is 12.5. The van der Waals surface area contributed by atoms with Crippen LogP contribution in [0, 0.1) is 5.92 Å². The van der Waals surface area contributed by atoms with Gasteiger partial charge in [-0.3, -0.25) is 45.3 Å². The summed E-state index contributed by atoms with van der Waals surface area (Å²) < 4.78 is 3.12. The lowest BCUT2D eigenvalue weighted by atomic mass is 9.89. The van der Waals surface area contributed by atoms with E-state index in [0.29, 0.717) is 116 Å². The minimum Gasteiger partial charge on any atom is -0.330 e. The Morgan fingerprint density at radius 3 is 1.41 bits per heavy atom. The Kier molecular flexibility index (Phi) is 31.1. The molecule has 13 N–H and O–H groups in total. The number of carbonyl (C=O) groups excluding carboxylic acids is 7. The number of Topliss-reactive ketones (excluding diaryl/α,β-unsaturated/α-hetero) is 1. The van der Waals surface area contributed by atoms with E-state index in [4.69, 9.17) is 22.9 Å². The molecule has 19 heteroatoms. The van der Waals surface area contributed by atoms with E-state index in [0.717, 1.165) is 49.9 Å². The van der Waals surface area contributed by atoms with Crippen molar-refractivity contribution in [1.29, 1.82) is 0 Å². The second-order valence-electron chi connectivity index (χ2n) is 14.9. The number of thiol groups is 1. The Bertz CT molecular complexity index is 1100. The minimum absolute atomic E-state index is 0.0295. The van der Waals surface area contributed by atoms with Crippen molar-refractivity contribution in [3.8, 4) is 0 Å². The lowest BCUT2D eigenvalue weighted by Crippen LogP contribution is -2.68. The van der Waals surface area contributed by atoms with Gasteiger partial charge in [0.15, 0.2) is 5.78 Å². The molecule has 0 bridgehead atoms. The third-order valence-electron chi connectivity index (χ3n) is 10.2. The quantitative estimate of drug-likeness (QED) is 0.00956. The molecule has 1 rings (SSSR count). The Labute approximate surface area is 355 Å². The zero-order valence-electron chi connectivity index (χ0n) is 34.5. The van der Waals surface area contributed by atoms with Crippen LogP contribution in [0.1, 0.15) is 110 Å². The average Bonchev–Trinajstić information content (AvgIpc) is 3.49. The summed E-state index contributed by atoms with van der Waals surface area (Å²) in [5.74, 6) is -2.32. The summed E-state index contributed by atoms with van der Waals surface area (Å²) >= 11 is 5.53. The van der Waals surface area contributed by atoms with Gasteiger partial charge in [-0.25, -0.2) is 0 Å².